The molecule has 0 amide bonds. The van der Waals surface area contributed by atoms with Crippen molar-refractivity contribution in [3.05, 3.63) is 24.3 Å². The first-order valence-electron chi connectivity index (χ1n) is 4.93. The second kappa shape index (κ2) is 5.57. The molecule has 8 heteroatoms. The van der Waals surface area contributed by atoms with Crippen LogP contribution in [0.1, 0.15) is 6.92 Å². The molecular formula is C10H11F3O4S. The SMILES string of the molecule is CCOc1ccc(S(=O)(=O)OCC(F)(F)F)cc1. The van der Waals surface area contributed by atoms with Gasteiger partial charge in [0.05, 0.1) is 11.5 Å². The van der Waals surface area contributed by atoms with Gasteiger partial charge in [-0.25, -0.2) is 0 Å². The zero-order valence-electron chi connectivity index (χ0n) is 9.40. The van der Waals surface area contributed by atoms with Crippen LogP contribution in [0.2, 0.25) is 0 Å². The Bertz CT molecular complexity index is 479. The van der Waals surface area contributed by atoms with E-state index in [0.29, 0.717) is 12.4 Å². The smallest absolute Gasteiger partial charge is 0.413 e. The van der Waals surface area contributed by atoms with E-state index in [1.165, 1.54) is 12.1 Å². The number of rotatable bonds is 5. The van der Waals surface area contributed by atoms with Crippen LogP contribution in [-0.4, -0.2) is 27.8 Å². The number of hydrogen-bond acceptors (Lipinski definition) is 4. The van der Waals surface area contributed by atoms with Crippen LogP contribution in [0.3, 0.4) is 0 Å². The largest absolute Gasteiger partial charge is 0.494 e. The van der Waals surface area contributed by atoms with Crippen LogP contribution in [-0.2, 0) is 14.3 Å². The maximum absolute atomic E-state index is 11.9. The van der Waals surface area contributed by atoms with E-state index in [1.54, 1.807) is 6.92 Å². The van der Waals surface area contributed by atoms with Gasteiger partial charge in [0, 0.05) is 0 Å². The first-order valence-corrected chi connectivity index (χ1v) is 6.34. The Balaban J connectivity index is 2.79. The van der Waals surface area contributed by atoms with Gasteiger partial charge < -0.3 is 4.74 Å². The van der Waals surface area contributed by atoms with E-state index >= 15 is 0 Å². The van der Waals surface area contributed by atoms with E-state index in [-0.39, 0.29) is 4.90 Å². The van der Waals surface area contributed by atoms with Gasteiger partial charge in [-0.2, -0.15) is 21.6 Å². The molecule has 0 aliphatic heterocycles. The molecule has 0 spiro atoms. The van der Waals surface area contributed by atoms with Crippen molar-refractivity contribution in [2.45, 2.75) is 18.0 Å². The Labute approximate surface area is 102 Å². The van der Waals surface area contributed by atoms with Crippen molar-refractivity contribution in [1.29, 1.82) is 0 Å². The van der Waals surface area contributed by atoms with Crippen molar-refractivity contribution in [3.63, 3.8) is 0 Å². The van der Waals surface area contributed by atoms with Gasteiger partial charge >= 0.3 is 6.18 Å². The zero-order valence-corrected chi connectivity index (χ0v) is 10.2. The second-order valence-corrected chi connectivity index (χ2v) is 4.85. The molecule has 4 nitrogen and oxygen atoms in total. The molecule has 0 saturated carbocycles. The first-order chi connectivity index (χ1) is 8.24. The summed E-state index contributed by atoms with van der Waals surface area (Å²) < 4.78 is 67.3. The Morgan fingerprint density at radius 2 is 1.72 bits per heavy atom. The van der Waals surface area contributed by atoms with E-state index < -0.39 is 22.9 Å². The first kappa shape index (κ1) is 14.8. The number of hydrogen-bond donors (Lipinski definition) is 0. The molecule has 1 aromatic carbocycles. The average Bonchev–Trinajstić information content (AvgIpc) is 2.27. The van der Waals surface area contributed by atoms with Gasteiger partial charge in [-0.3, -0.25) is 4.18 Å². The third-order valence-electron chi connectivity index (χ3n) is 1.80. The summed E-state index contributed by atoms with van der Waals surface area (Å²) in [5, 5.41) is 0. The quantitative estimate of drug-likeness (QED) is 0.779. The van der Waals surface area contributed by atoms with Crippen molar-refractivity contribution < 1.29 is 30.5 Å². The summed E-state index contributed by atoms with van der Waals surface area (Å²) >= 11 is 0. The van der Waals surface area contributed by atoms with Gasteiger partial charge in [0.2, 0.25) is 0 Å². The Hall–Kier alpha value is -1.28. The minimum absolute atomic E-state index is 0.352. The molecular weight excluding hydrogens is 273 g/mol. The van der Waals surface area contributed by atoms with Crippen LogP contribution in [0.25, 0.3) is 0 Å². The van der Waals surface area contributed by atoms with Crippen LogP contribution < -0.4 is 4.74 Å². The average molecular weight is 284 g/mol. The van der Waals surface area contributed by atoms with Gasteiger partial charge in [-0.05, 0) is 31.2 Å². The summed E-state index contributed by atoms with van der Waals surface area (Å²) in [6.07, 6.45) is -4.70. The number of ether oxygens (including phenoxy) is 1. The molecule has 0 radical (unpaired) electrons. The van der Waals surface area contributed by atoms with E-state index in [4.69, 9.17) is 4.74 Å². The molecule has 0 aliphatic carbocycles. The highest BCUT2D eigenvalue weighted by atomic mass is 32.2. The summed E-state index contributed by atoms with van der Waals surface area (Å²) in [6, 6.07) is 4.92. The standard InChI is InChI=1S/C10H11F3O4S/c1-2-16-8-3-5-9(6-4-8)18(14,15)17-7-10(11,12)13/h3-6H,2,7H2,1H3. The van der Waals surface area contributed by atoms with Gasteiger partial charge in [0.15, 0.2) is 6.61 Å². The van der Waals surface area contributed by atoms with Crippen molar-refractivity contribution >= 4 is 10.1 Å². The maximum atomic E-state index is 11.9. The zero-order chi connectivity index (χ0) is 13.8. The van der Waals surface area contributed by atoms with Crippen molar-refractivity contribution in [3.8, 4) is 5.75 Å². The third kappa shape index (κ3) is 4.53. The summed E-state index contributed by atoms with van der Waals surface area (Å²) in [4.78, 5) is -0.352. The van der Waals surface area contributed by atoms with Gasteiger partial charge in [0.1, 0.15) is 5.75 Å². The molecule has 0 atom stereocenters. The highest BCUT2D eigenvalue weighted by Crippen LogP contribution is 2.21. The molecule has 18 heavy (non-hydrogen) atoms. The van der Waals surface area contributed by atoms with E-state index in [1.807, 2.05) is 0 Å². The van der Waals surface area contributed by atoms with Crippen LogP contribution in [0, 0.1) is 0 Å². The van der Waals surface area contributed by atoms with Crippen LogP contribution in [0.5, 0.6) is 5.75 Å². The summed E-state index contributed by atoms with van der Waals surface area (Å²) in [6.45, 7) is 0.302. The third-order valence-corrected chi connectivity index (χ3v) is 3.08. The molecule has 0 aromatic heterocycles. The Morgan fingerprint density at radius 1 is 1.17 bits per heavy atom. The van der Waals surface area contributed by atoms with E-state index in [2.05, 4.69) is 4.18 Å². The predicted molar refractivity (Wildman–Crippen MR) is 56.8 cm³/mol. The normalized spacial score (nSPS) is 12.4. The van der Waals surface area contributed by atoms with Gasteiger partial charge in [-0.15, -0.1) is 0 Å². The molecule has 0 heterocycles. The molecule has 1 rings (SSSR count). The lowest BCUT2D eigenvalue weighted by molar-refractivity contribution is -0.152. The molecule has 0 bridgehead atoms. The molecule has 0 fully saturated rings. The highest BCUT2D eigenvalue weighted by molar-refractivity contribution is 7.86. The minimum Gasteiger partial charge on any atom is -0.494 e. The summed E-state index contributed by atoms with van der Waals surface area (Å²) in [5.74, 6) is 0.423. The number of benzene rings is 1. The minimum atomic E-state index is -4.70. The van der Waals surface area contributed by atoms with Gasteiger partial charge in [0.25, 0.3) is 10.1 Å². The van der Waals surface area contributed by atoms with Crippen molar-refractivity contribution in [2.75, 3.05) is 13.2 Å². The summed E-state index contributed by atoms with van der Waals surface area (Å²) in [7, 11) is -4.40. The Kier molecular flexibility index (Phi) is 4.58. The topological polar surface area (TPSA) is 52.6 Å². The Morgan fingerprint density at radius 3 is 2.17 bits per heavy atom. The fourth-order valence-corrected chi connectivity index (χ4v) is 1.98. The molecule has 102 valence electrons. The number of halogens is 3. The van der Waals surface area contributed by atoms with Crippen molar-refractivity contribution in [1.82, 2.24) is 0 Å². The van der Waals surface area contributed by atoms with Crippen LogP contribution in [0.15, 0.2) is 29.2 Å². The van der Waals surface area contributed by atoms with Crippen molar-refractivity contribution in [2.24, 2.45) is 0 Å². The molecule has 0 saturated heterocycles. The highest BCUT2D eigenvalue weighted by Gasteiger charge is 2.31. The lowest BCUT2D eigenvalue weighted by atomic mass is 10.3. The lowest BCUT2D eigenvalue weighted by Crippen LogP contribution is -2.20. The maximum Gasteiger partial charge on any atom is 0.413 e. The molecule has 0 aliphatic rings. The molecule has 0 unspecified atom stereocenters. The van der Waals surface area contributed by atoms with Crippen LogP contribution >= 0.6 is 0 Å². The fourth-order valence-electron chi connectivity index (χ4n) is 1.08. The second-order valence-electron chi connectivity index (χ2n) is 3.24. The molecule has 1 aromatic rings. The predicted octanol–water partition coefficient (Wildman–Crippen LogP) is 2.35. The monoisotopic (exact) mass is 284 g/mol. The lowest BCUT2D eigenvalue weighted by Gasteiger charge is -2.09. The van der Waals surface area contributed by atoms with Crippen LogP contribution in [0.4, 0.5) is 13.2 Å². The fraction of sp³-hybridized carbons (Fsp3) is 0.400. The molecule has 0 N–H and O–H groups in total. The number of alkyl halides is 3. The van der Waals surface area contributed by atoms with Gasteiger partial charge in [-0.1, -0.05) is 0 Å². The van der Waals surface area contributed by atoms with E-state index in [9.17, 15) is 21.6 Å². The van der Waals surface area contributed by atoms with E-state index in [0.717, 1.165) is 12.1 Å². The summed E-state index contributed by atoms with van der Waals surface area (Å²) in [5.41, 5.74) is 0.